The Hall–Kier alpha value is -3.94. The highest BCUT2D eigenvalue weighted by Crippen LogP contribution is 2.43. The molecule has 0 aliphatic heterocycles. The molecule has 4 aromatic carbocycles. The molecule has 1 heterocycles. The first kappa shape index (κ1) is 28.2. The largest absolute Gasteiger partial charge is 0.266 e. The van der Waals surface area contributed by atoms with Crippen LogP contribution in [0.2, 0.25) is 0 Å². The summed E-state index contributed by atoms with van der Waals surface area (Å²) in [5.41, 5.74) is 6.72. The molecule has 1 saturated carbocycles. The van der Waals surface area contributed by atoms with Gasteiger partial charge in [0.05, 0.1) is 23.5 Å². The molecule has 42 heavy (non-hydrogen) atoms. The first-order valence-corrected chi connectivity index (χ1v) is 17.9. The molecule has 1 aromatic heterocycles. The quantitative estimate of drug-likeness (QED) is 0.162. The zero-order valence-corrected chi connectivity index (χ0v) is 25.3. The van der Waals surface area contributed by atoms with Crippen LogP contribution in [0.1, 0.15) is 35.4 Å². The number of aromatic nitrogens is 1. The van der Waals surface area contributed by atoms with Gasteiger partial charge in [-0.1, -0.05) is 54.6 Å². The molecule has 0 bridgehead atoms. The van der Waals surface area contributed by atoms with Crippen LogP contribution in [0, 0.1) is 0 Å². The van der Waals surface area contributed by atoms with Crippen LogP contribution >= 0.6 is 0 Å². The Morgan fingerprint density at radius 1 is 0.833 bits per heavy atom. The van der Waals surface area contributed by atoms with Crippen molar-refractivity contribution >= 4 is 42.0 Å². The van der Waals surface area contributed by atoms with E-state index in [0.29, 0.717) is 22.9 Å². The average Bonchev–Trinajstić information content (AvgIpc) is 3.85. The summed E-state index contributed by atoms with van der Waals surface area (Å²) in [6, 6.07) is 33.2. The van der Waals surface area contributed by atoms with Crippen LogP contribution in [0.5, 0.6) is 0 Å². The number of hydrogen-bond acceptors (Lipinski definition) is 4. The van der Waals surface area contributed by atoms with Gasteiger partial charge in [-0.3, -0.25) is 13.5 Å². The summed E-state index contributed by atoms with van der Waals surface area (Å²) in [4.78, 5) is 5.29. The number of aryl methyl sites for hydroxylation is 1. The van der Waals surface area contributed by atoms with Crippen LogP contribution in [0.3, 0.4) is 0 Å². The van der Waals surface area contributed by atoms with Gasteiger partial charge in [-0.2, -0.15) is 0 Å². The van der Waals surface area contributed by atoms with Gasteiger partial charge in [0.15, 0.2) is 0 Å². The first-order valence-electron chi connectivity index (χ1n) is 14.1. The Kier molecular flexibility index (Phi) is 7.64. The predicted octanol–water partition coefficient (Wildman–Crippen LogP) is 7.06. The molecule has 1 aliphatic rings. The maximum absolute atomic E-state index is 13.9. The lowest BCUT2D eigenvalue weighted by Crippen LogP contribution is -2.33. The van der Waals surface area contributed by atoms with E-state index in [1.54, 1.807) is 30.5 Å². The second kappa shape index (κ2) is 11.4. The molecule has 1 aliphatic carbocycles. The number of pyridine rings is 1. The summed E-state index contributed by atoms with van der Waals surface area (Å²) in [7, 11) is -6.13. The number of sulfonamides is 1. The van der Waals surface area contributed by atoms with Gasteiger partial charge < -0.3 is 0 Å². The lowest BCUT2D eigenvalue weighted by molar-refractivity contribution is 0.589. The lowest BCUT2D eigenvalue weighted by atomic mass is 9.96. The van der Waals surface area contributed by atoms with Crippen molar-refractivity contribution in [1.29, 1.82) is 0 Å². The van der Waals surface area contributed by atoms with Crippen molar-refractivity contribution in [2.45, 2.75) is 36.6 Å². The smallest absolute Gasteiger partial charge is 0.235 e. The van der Waals surface area contributed by atoms with Crippen molar-refractivity contribution in [1.82, 2.24) is 4.98 Å². The molecule has 5 aromatic rings. The van der Waals surface area contributed by atoms with Gasteiger partial charge in [-0.05, 0) is 111 Å². The molecule has 0 radical (unpaired) electrons. The van der Waals surface area contributed by atoms with E-state index in [4.69, 9.17) is 4.98 Å². The van der Waals surface area contributed by atoms with Crippen LogP contribution in [-0.2, 0) is 32.5 Å². The van der Waals surface area contributed by atoms with Gasteiger partial charge in [0.2, 0.25) is 10.0 Å². The lowest BCUT2D eigenvalue weighted by Gasteiger charge is -2.25. The van der Waals surface area contributed by atoms with Crippen molar-refractivity contribution in [3.8, 4) is 11.1 Å². The highest BCUT2D eigenvalue weighted by molar-refractivity contribution is 7.99. The average molecular weight is 595 g/mol. The second-order valence-corrected chi connectivity index (χ2v) is 15.7. The third kappa shape index (κ3) is 6.27. The van der Waals surface area contributed by atoms with E-state index in [9.17, 15) is 12.6 Å². The second-order valence-electron chi connectivity index (χ2n) is 11.2. The Balaban J connectivity index is 1.37. The first-order chi connectivity index (χ1) is 20.2. The molecule has 0 amide bonds. The maximum Gasteiger partial charge on any atom is 0.235 e. The maximum atomic E-state index is 13.9. The van der Waals surface area contributed by atoms with E-state index in [-0.39, 0.29) is 12.3 Å². The van der Waals surface area contributed by atoms with Gasteiger partial charge in [0, 0.05) is 28.3 Å². The Morgan fingerprint density at radius 2 is 1.57 bits per heavy atom. The predicted molar refractivity (Wildman–Crippen MR) is 175 cm³/mol. The molecule has 214 valence electrons. The van der Waals surface area contributed by atoms with Crippen LogP contribution < -0.4 is 4.31 Å². The Morgan fingerprint density at radius 3 is 2.29 bits per heavy atom. The van der Waals surface area contributed by atoms with Crippen molar-refractivity contribution in [3.05, 3.63) is 126 Å². The molecule has 1 unspecified atom stereocenters. The number of hydrogen-bond donors (Lipinski definition) is 0. The summed E-state index contributed by atoms with van der Waals surface area (Å²) < 4.78 is 41.8. The summed E-state index contributed by atoms with van der Waals surface area (Å²) in [6.45, 7) is 0.170. The van der Waals surface area contributed by atoms with E-state index in [1.165, 1.54) is 22.7 Å². The minimum atomic E-state index is -3.71. The summed E-state index contributed by atoms with van der Waals surface area (Å²) >= 11 is 0. The van der Waals surface area contributed by atoms with Crippen LogP contribution in [-0.4, -0.2) is 35.5 Å². The highest BCUT2D eigenvalue weighted by Gasteiger charge is 2.26. The number of benzene rings is 4. The fourth-order valence-electron chi connectivity index (χ4n) is 5.34. The Labute approximate surface area is 248 Å². The molecule has 0 saturated heterocycles. The fourth-order valence-corrected chi connectivity index (χ4v) is 7.56. The number of fused-ring (bicyclic) bond motifs is 1. The summed E-state index contributed by atoms with van der Waals surface area (Å²) in [5.74, 6) is 4.33. The number of anilines is 1. The number of rotatable bonds is 10. The van der Waals surface area contributed by atoms with Crippen LogP contribution in [0.25, 0.3) is 22.0 Å². The molecule has 6 rings (SSSR count). The topological polar surface area (TPSA) is 67.3 Å². The zero-order chi connectivity index (χ0) is 29.3. The third-order valence-electron chi connectivity index (χ3n) is 7.79. The molecular weight excluding hydrogens is 561 g/mol. The van der Waals surface area contributed by atoms with Crippen molar-refractivity contribution in [2.75, 3.05) is 16.3 Å². The highest BCUT2D eigenvalue weighted by atomic mass is 32.2. The minimum absolute atomic E-state index is 0.0314. The Bertz CT molecular complexity index is 1950. The molecule has 7 heteroatoms. The SMILES string of the molecule is C=S(C)(=O)c1ccc(N(Cc2cccc(-c3cc(C4CC4)cc4cccnc34)c2)S(=O)(=O)CCc2ccccc2)cc1. The van der Waals surface area contributed by atoms with E-state index in [1.807, 2.05) is 54.7 Å². The van der Waals surface area contributed by atoms with Crippen molar-refractivity contribution in [3.63, 3.8) is 0 Å². The molecular formula is C35H34N2O3S2. The van der Waals surface area contributed by atoms with E-state index in [2.05, 4.69) is 36.2 Å². The van der Waals surface area contributed by atoms with Crippen molar-refractivity contribution < 1.29 is 12.6 Å². The van der Waals surface area contributed by atoms with E-state index < -0.39 is 19.5 Å². The molecule has 0 N–H and O–H groups in total. The zero-order valence-electron chi connectivity index (χ0n) is 23.6. The molecule has 1 atom stereocenters. The van der Waals surface area contributed by atoms with Gasteiger partial charge in [0.25, 0.3) is 0 Å². The standard InChI is InChI=1S/C35H34N2O3S2/c1-41(2,38)33-17-15-32(16-18-33)37(42(39,40)21-19-26-8-4-3-5-9-26)25-27-10-6-11-29(22-27)34-24-31(28-13-14-28)23-30-12-7-20-36-35(30)34/h3-12,15-18,20,22-24,28H,1,13-14,19,21,25H2,2H3. The van der Waals surface area contributed by atoms with Crippen LogP contribution in [0.4, 0.5) is 5.69 Å². The van der Waals surface area contributed by atoms with Gasteiger partial charge >= 0.3 is 0 Å². The summed E-state index contributed by atoms with van der Waals surface area (Å²) in [5, 5.41) is 1.12. The van der Waals surface area contributed by atoms with Crippen molar-refractivity contribution in [2.24, 2.45) is 0 Å². The molecule has 5 nitrogen and oxygen atoms in total. The minimum Gasteiger partial charge on any atom is -0.266 e. The van der Waals surface area contributed by atoms with E-state index in [0.717, 1.165) is 33.2 Å². The number of nitrogens with zero attached hydrogens (tertiary/aromatic N) is 2. The van der Waals surface area contributed by atoms with Gasteiger partial charge in [-0.15, -0.1) is 0 Å². The molecule has 1 fully saturated rings. The summed E-state index contributed by atoms with van der Waals surface area (Å²) in [6.07, 6.45) is 6.23. The van der Waals surface area contributed by atoms with Crippen LogP contribution in [0.15, 0.2) is 114 Å². The fraction of sp³-hybridized carbons (Fsp3) is 0.200. The monoisotopic (exact) mass is 594 g/mol. The normalized spacial score (nSPS) is 14.9. The van der Waals surface area contributed by atoms with Gasteiger partial charge in [0.1, 0.15) is 0 Å². The third-order valence-corrected chi connectivity index (χ3v) is 10.8. The van der Waals surface area contributed by atoms with Gasteiger partial charge in [-0.25, -0.2) is 8.42 Å². The molecule has 0 spiro atoms. The van der Waals surface area contributed by atoms with E-state index >= 15 is 0 Å².